The van der Waals surface area contributed by atoms with Crippen molar-refractivity contribution < 1.29 is 9.53 Å². The van der Waals surface area contributed by atoms with E-state index in [4.69, 9.17) is 4.74 Å². The van der Waals surface area contributed by atoms with E-state index in [0.29, 0.717) is 5.56 Å². The Morgan fingerprint density at radius 1 is 1.29 bits per heavy atom. The van der Waals surface area contributed by atoms with Crippen LogP contribution >= 0.6 is 15.9 Å². The van der Waals surface area contributed by atoms with Gasteiger partial charge in [0, 0.05) is 23.2 Å². The highest BCUT2D eigenvalue weighted by molar-refractivity contribution is 9.10. The number of anilines is 1. The first-order valence-electron chi connectivity index (χ1n) is 6.88. The molecule has 0 aliphatic carbocycles. The first-order chi connectivity index (χ1) is 10.2. The average molecular weight is 346 g/mol. The molecule has 0 fully saturated rings. The smallest absolute Gasteiger partial charge is 0.337 e. The first-order valence-corrected chi connectivity index (χ1v) is 7.68. The van der Waals surface area contributed by atoms with Gasteiger partial charge in [0.1, 0.15) is 0 Å². The zero-order valence-electron chi connectivity index (χ0n) is 11.8. The van der Waals surface area contributed by atoms with Crippen LogP contribution in [0.15, 0.2) is 46.9 Å². The molecule has 0 amide bonds. The fourth-order valence-corrected chi connectivity index (χ4v) is 3.20. The van der Waals surface area contributed by atoms with Crippen molar-refractivity contribution in [3.05, 3.63) is 63.6 Å². The van der Waals surface area contributed by atoms with Gasteiger partial charge in [-0.2, -0.15) is 0 Å². The molecule has 2 aromatic carbocycles. The highest BCUT2D eigenvalue weighted by Gasteiger charge is 2.19. The van der Waals surface area contributed by atoms with Gasteiger partial charge in [-0.25, -0.2) is 4.79 Å². The van der Waals surface area contributed by atoms with Crippen LogP contribution < -0.4 is 4.90 Å². The Bertz CT molecular complexity index is 684. The largest absolute Gasteiger partial charge is 0.465 e. The van der Waals surface area contributed by atoms with E-state index in [1.165, 1.54) is 23.9 Å². The Labute approximate surface area is 132 Å². The van der Waals surface area contributed by atoms with Gasteiger partial charge in [0.15, 0.2) is 0 Å². The number of ether oxygens (including phenoxy) is 1. The number of carbonyl (C=O) groups excluding carboxylic acids is 1. The summed E-state index contributed by atoms with van der Waals surface area (Å²) in [4.78, 5) is 13.9. The van der Waals surface area contributed by atoms with Crippen molar-refractivity contribution in [2.45, 2.75) is 13.0 Å². The zero-order valence-corrected chi connectivity index (χ0v) is 13.4. The molecule has 0 N–H and O–H groups in total. The van der Waals surface area contributed by atoms with E-state index in [9.17, 15) is 4.79 Å². The maximum absolute atomic E-state index is 11.5. The van der Waals surface area contributed by atoms with Crippen molar-refractivity contribution in [3.63, 3.8) is 0 Å². The maximum atomic E-state index is 11.5. The molecule has 0 spiro atoms. The summed E-state index contributed by atoms with van der Waals surface area (Å²) in [5.74, 6) is -0.311. The Morgan fingerprint density at radius 2 is 2.10 bits per heavy atom. The molecule has 108 valence electrons. The van der Waals surface area contributed by atoms with Crippen LogP contribution in [0.25, 0.3) is 0 Å². The van der Waals surface area contributed by atoms with Gasteiger partial charge < -0.3 is 9.64 Å². The molecular weight excluding hydrogens is 330 g/mol. The Hall–Kier alpha value is -1.81. The van der Waals surface area contributed by atoms with Crippen LogP contribution in [-0.2, 0) is 17.7 Å². The summed E-state index contributed by atoms with van der Waals surface area (Å²) in [7, 11) is 1.39. The van der Waals surface area contributed by atoms with E-state index in [1.54, 1.807) is 0 Å². The van der Waals surface area contributed by atoms with Crippen LogP contribution in [0.5, 0.6) is 0 Å². The number of benzene rings is 2. The van der Waals surface area contributed by atoms with Crippen molar-refractivity contribution in [2.75, 3.05) is 18.6 Å². The topological polar surface area (TPSA) is 29.5 Å². The van der Waals surface area contributed by atoms with Crippen LogP contribution in [0.3, 0.4) is 0 Å². The third-order valence-corrected chi connectivity index (χ3v) is 4.56. The van der Waals surface area contributed by atoms with Crippen molar-refractivity contribution in [2.24, 2.45) is 0 Å². The van der Waals surface area contributed by atoms with Gasteiger partial charge in [-0.15, -0.1) is 0 Å². The van der Waals surface area contributed by atoms with E-state index in [1.807, 2.05) is 18.2 Å². The van der Waals surface area contributed by atoms with Crippen molar-refractivity contribution in [3.8, 4) is 0 Å². The van der Waals surface area contributed by atoms with Crippen LogP contribution in [0.1, 0.15) is 21.5 Å². The predicted octanol–water partition coefficient (Wildman–Crippen LogP) is 3.80. The molecule has 3 nitrogen and oxygen atoms in total. The lowest BCUT2D eigenvalue weighted by Gasteiger charge is -2.20. The van der Waals surface area contributed by atoms with Crippen molar-refractivity contribution >= 4 is 27.6 Å². The number of hydrogen-bond donors (Lipinski definition) is 0. The highest BCUT2D eigenvalue weighted by atomic mass is 79.9. The van der Waals surface area contributed by atoms with Crippen molar-refractivity contribution in [1.82, 2.24) is 0 Å². The molecule has 0 atom stereocenters. The molecule has 0 bridgehead atoms. The summed E-state index contributed by atoms with van der Waals surface area (Å²) in [6, 6.07) is 14.1. The van der Waals surface area contributed by atoms with Crippen molar-refractivity contribution in [1.29, 1.82) is 0 Å². The lowest BCUT2D eigenvalue weighted by molar-refractivity contribution is 0.0600. The van der Waals surface area contributed by atoms with E-state index in [2.05, 4.69) is 45.1 Å². The van der Waals surface area contributed by atoms with Crippen LogP contribution in [0.2, 0.25) is 0 Å². The van der Waals surface area contributed by atoms with Gasteiger partial charge in [-0.1, -0.05) is 40.2 Å². The average Bonchev–Trinajstić information content (AvgIpc) is 2.92. The minimum absolute atomic E-state index is 0.311. The first kappa shape index (κ1) is 14.1. The van der Waals surface area contributed by atoms with Crippen LogP contribution in [-0.4, -0.2) is 19.6 Å². The van der Waals surface area contributed by atoms with Gasteiger partial charge in [-0.3, -0.25) is 0 Å². The Morgan fingerprint density at radius 3 is 2.86 bits per heavy atom. The van der Waals surface area contributed by atoms with E-state index in [0.717, 1.165) is 24.0 Å². The van der Waals surface area contributed by atoms with E-state index >= 15 is 0 Å². The fourth-order valence-electron chi connectivity index (χ4n) is 2.70. The summed E-state index contributed by atoms with van der Waals surface area (Å²) in [5.41, 5.74) is 4.44. The molecule has 0 unspecified atom stereocenters. The van der Waals surface area contributed by atoms with Gasteiger partial charge in [0.25, 0.3) is 0 Å². The number of methoxy groups -OCH3 is 1. The lowest BCUT2D eigenvalue weighted by Crippen LogP contribution is -2.20. The number of esters is 1. The molecule has 0 saturated carbocycles. The summed E-state index contributed by atoms with van der Waals surface area (Å²) in [6.45, 7) is 1.86. The third kappa shape index (κ3) is 2.81. The number of fused-ring (bicyclic) bond motifs is 1. The normalized spacial score (nSPS) is 13.1. The SMILES string of the molecule is COC(=O)c1ccc(CN2CCc3ccccc32)c(Br)c1. The third-order valence-electron chi connectivity index (χ3n) is 3.82. The molecule has 4 heteroatoms. The molecular formula is C17H16BrNO2. The predicted molar refractivity (Wildman–Crippen MR) is 86.7 cm³/mol. The number of rotatable bonds is 3. The molecule has 1 aliphatic heterocycles. The summed E-state index contributed by atoms with van der Waals surface area (Å²) >= 11 is 3.56. The van der Waals surface area contributed by atoms with E-state index < -0.39 is 0 Å². The number of nitrogens with zero attached hydrogens (tertiary/aromatic N) is 1. The van der Waals surface area contributed by atoms with Gasteiger partial charge in [0.2, 0.25) is 0 Å². The second-order valence-electron chi connectivity index (χ2n) is 5.10. The molecule has 1 heterocycles. The number of carbonyl (C=O) groups is 1. The lowest BCUT2D eigenvalue weighted by atomic mass is 10.1. The monoisotopic (exact) mass is 345 g/mol. The fraction of sp³-hybridized carbons (Fsp3) is 0.235. The molecule has 21 heavy (non-hydrogen) atoms. The molecule has 3 rings (SSSR count). The quantitative estimate of drug-likeness (QED) is 0.792. The number of para-hydroxylation sites is 1. The molecule has 1 aliphatic rings. The Kier molecular flexibility index (Phi) is 3.97. The van der Waals surface area contributed by atoms with Crippen LogP contribution in [0.4, 0.5) is 5.69 Å². The molecule has 2 aromatic rings. The number of halogens is 1. The summed E-state index contributed by atoms with van der Waals surface area (Å²) in [5, 5.41) is 0. The molecule has 0 aromatic heterocycles. The highest BCUT2D eigenvalue weighted by Crippen LogP contribution is 2.30. The van der Waals surface area contributed by atoms with Crippen LogP contribution in [0, 0.1) is 0 Å². The molecule has 0 saturated heterocycles. The van der Waals surface area contributed by atoms with Gasteiger partial charge in [-0.05, 0) is 35.7 Å². The minimum atomic E-state index is -0.311. The van der Waals surface area contributed by atoms with E-state index in [-0.39, 0.29) is 5.97 Å². The Balaban J connectivity index is 1.82. The summed E-state index contributed by atoms with van der Waals surface area (Å²) < 4.78 is 5.68. The second kappa shape index (κ2) is 5.90. The van der Waals surface area contributed by atoms with Gasteiger partial charge >= 0.3 is 5.97 Å². The minimum Gasteiger partial charge on any atom is -0.465 e. The summed E-state index contributed by atoms with van der Waals surface area (Å²) in [6.07, 6.45) is 1.09. The second-order valence-corrected chi connectivity index (χ2v) is 5.95. The zero-order chi connectivity index (χ0) is 14.8. The molecule has 0 radical (unpaired) electrons. The number of hydrogen-bond acceptors (Lipinski definition) is 3. The maximum Gasteiger partial charge on any atom is 0.337 e. The van der Waals surface area contributed by atoms with Gasteiger partial charge in [0.05, 0.1) is 12.7 Å². The standard InChI is InChI=1S/C17H16BrNO2/c1-21-17(20)13-6-7-14(15(18)10-13)11-19-9-8-12-4-2-3-5-16(12)19/h2-7,10H,8-9,11H2,1H3.